The van der Waals surface area contributed by atoms with Gasteiger partial charge in [-0.05, 0) is 151 Å². The Morgan fingerprint density at radius 3 is 1.94 bits per heavy atom. The molecular formula is C80H84Cl4N12O24. The maximum Gasteiger partial charge on any atom is 0.330 e. The van der Waals surface area contributed by atoms with Crippen molar-refractivity contribution >= 4 is 93.7 Å². The van der Waals surface area contributed by atoms with E-state index < -0.39 is 237 Å². The number of carboxylic acid groups (broad SMARTS) is 1. The largest absolute Gasteiger partial charge is 0.508 e. The number of nitrogens with two attached hydrogens (primary N) is 1. The summed E-state index contributed by atoms with van der Waals surface area (Å²) in [5, 5.41) is 131. The highest BCUT2D eigenvalue weighted by Crippen LogP contribution is 2.50. The van der Waals surface area contributed by atoms with Crippen LogP contribution in [0.2, 0.25) is 20.1 Å². The number of hydrogen-bond acceptors (Lipinski definition) is 26. The van der Waals surface area contributed by atoms with Gasteiger partial charge >= 0.3 is 5.97 Å². The molecule has 40 heteroatoms. The van der Waals surface area contributed by atoms with Gasteiger partial charge in [-0.3, -0.25) is 33.6 Å². The van der Waals surface area contributed by atoms with Gasteiger partial charge in [0.2, 0.25) is 53.4 Å². The highest BCUT2D eigenvalue weighted by molar-refractivity contribution is 6.42. The number of benzene rings is 7. The predicted octanol–water partition coefficient (Wildman–Crippen LogP) is 6.14. The van der Waals surface area contributed by atoms with Gasteiger partial charge in [-0.1, -0.05) is 102 Å². The molecular weight excluding hydrogens is 1650 g/mol. The van der Waals surface area contributed by atoms with E-state index in [1.165, 1.54) is 19.2 Å². The molecule has 7 heterocycles. The molecule has 14 rings (SSSR count). The van der Waals surface area contributed by atoms with E-state index in [2.05, 4.69) is 52.6 Å². The van der Waals surface area contributed by atoms with Crippen molar-refractivity contribution in [3.8, 4) is 62.9 Å². The first-order chi connectivity index (χ1) is 57.0. The van der Waals surface area contributed by atoms with E-state index in [9.17, 15) is 75.5 Å². The van der Waals surface area contributed by atoms with Gasteiger partial charge in [-0.25, -0.2) is 4.79 Å². The molecule has 7 amide bonds. The van der Waals surface area contributed by atoms with Crippen LogP contribution in [0.1, 0.15) is 116 Å². The lowest BCUT2D eigenvalue weighted by Gasteiger charge is -2.48. The van der Waals surface area contributed by atoms with E-state index in [1.54, 1.807) is 56.3 Å². The van der Waals surface area contributed by atoms with E-state index in [4.69, 9.17) is 85.3 Å². The minimum atomic E-state index is -2.39. The minimum Gasteiger partial charge on any atom is -0.508 e. The Bertz CT molecular complexity index is 5170. The number of azide groups is 1. The Kier molecular flexibility index (Phi) is 27.4. The van der Waals surface area contributed by atoms with E-state index in [0.717, 1.165) is 77.9 Å². The van der Waals surface area contributed by atoms with Gasteiger partial charge in [0, 0.05) is 46.2 Å². The summed E-state index contributed by atoms with van der Waals surface area (Å²) in [6.45, 7) is 6.50. The first-order valence-corrected chi connectivity index (χ1v) is 39.0. The van der Waals surface area contributed by atoms with Crippen molar-refractivity contribution in [3.63, 3.8) is 0 Å². The fourth-order valence-corrected chi connectivity index (χ4v) is 15.3. The number of nitrogens with zero attached hydrogens (tertiary/aromatic N) is 3. The summed E-state index contributed by atoms with van der Waals surface area (Å²) in [6.07, 6.45) is -19.0. The second-order valence-electron chi connectivity index (χ2n) is 29.9. The number of amides is 7. The fourth-order valence-electron chi connectivity index (χ4n) is 14.6. The van der Waals surface area contributed by atoms with Crippen LogP contribution in [0, 0.1) is 5.92 Å². The molecule has 36 nitrogen and oxygen atoms in total. The van der Waals surface area contributed by atoms with Crippen LogP contribution in [0.5, 0.6) is 51.7 Å². The monoisotopic (exact) mass is 1740 g/mol. The van der Waals surface area contributed by atoms with Gasteiger partial charge in [0.1, 0.15) is 95.7 Å². The molecule has 0 aromatic heterocycles. The number of aromatic hydroxyl groups is 3. The van der Waals surface area contributed by atoms with Crippen LogP contribution in [-0.4, -0.2) is 186 Å². The number of hydrogen-bond donors (Lipinski definition) is 18. The topological polar surface area (TPSA) is 554 Å². The molecule has 11 bridgehead atoms. The molecule has 0 saturated carbocycles. The Morgan fingerprint density at radius 1 is 0.683 bits per heavy atom. The van der Waals surface area contributed by atoms with Crippen molar-refractivity contribution < 1.29 is 117 Å². The Morgan fingerprint density at radius 2 is 1.32 bits per heavy atom. The van der Waals surface area contributed by atoms with Crippen molar-refractivity contribution in [3.05, 3.63) is 191 Å². The molecule has 120 heavy (non-hydrogen) atoms. The highest BCUT2D eigenvalue weighted by Gasteiger charge is 2.52. The van der Waals surface area contributed by atoms with Gasteiger partial charge in [-0.2, -0.15) is 0 Å². The molecule has 7 aromatic rings. The number of phenols is 3. The number of primary amides is 1. The molecule has 2 saturated heterocycles. The number of fused-ring (bicyclic) bond motifs is 15. The van der Waals surface area contributed by atoms with Crippen LogP contribution in [0.25, 0.3) is 21.6 Å². The number of aliphatic hydroxyl groups is 5. The second kappa shape index (κ2) is 37.3. The summed E-state index contributed by atoms with van der Waals surface area (Å²) >= 11 is 26.7. The summed E-state index contributed by atoms with van der Waals surface area (Å²) in [7, 11) is 1.47. The van der Waals surface area contributed by atoms with Crippen LogP contribution >= 0.6 is 46.4 Å². The van der Waals surface area contributed by atoms with Gasteiger partial charge in [0.05, 0.1) is 57.4 Å². The summed E-state index contributed by atoms with van der Waals surface area (Å²) in [4.78, 5) is 121. The summed E-state index contributed by atoms with van der Waals surface area (Å²) in [6, 6.07) is 11.3. The Hall–Kier alpha value is -11.0. The molecule has 0 aliphatic carbocycles. The Balaban J connectivity index is 1.03. The number of carboxylic acids is 1. The zero-order valence-electron chi connectivity index (χ0n) is 64.3. The standard InChI is InChI=1S/C80H84Cl4N12O24/c1-32(2)18-48(87-5)72(106)94-63-65(101)37-10-16-52(46(83)21-37)116-54-23-39-24-55(69(54)120-79-70(68(104)67(103)56(118-79)30-89-96-86)119-58-28-80(4,71(105)33(3)115-58)88-29-34-6-12-41(13-7-34)114-31-35-8-14-44(81)45(82)19-35)117-53-17-11-38(22-47(53)84)66(102)64-77(111)93-62(78(112)113)43-25-40(97)26-51(99)59(43)42-20-36(9-15-50(42)98)60(74(108)95-64)92-75(109)61(39)91-73(107)49(27-57(85)100)90-76(63)110/h6-17,19-26,32-33,48-49,56,58,60-68,70-71,79,87-88,97-99,101-105H,18,27-31H2,1-5H3,(H2,85,100)(H,90,110)(H,91,107)(H,92,109)(H,93,111)(H,94,106)(H,95,108)(H,112,113)/t33?,48?,49-,56?,58?,60?,61?,62+,63?,64?,65?,66?,67?,68?,70?,71?,79?,80?/m0/s1. The first kappa shape index (κ1) is 88.3. The summed E-state index contributed by atoms with van der Waals surface area (Å²) in [5.41, 5.74) is 12.7. The number of carbonyl (C=O) groups excluding carboxylic acids is 7. The van der Waals surface area contributed by atoms with Crippen LogP contribution < -0.4 is 67.2 Å². The molecule has 7 aliphatic rings. The third kappa shape index (κ3) is 19.7. The summed E-state index contributed by atoms with van der Waals surface area (Å²) in [5.74, 6) is -15.7. The number of nitrogens with one attached hydrogen (secondary N) is 8. The molecule has 0 radical (unpaired) electrons. The number of rotatable bonds is 20. The number of carbonyl (C=O) groups is 8. The van der Waals surface area contributed by atoms with Gasteiger partial charge in [0.15, 0.2) is 29.9 Å². The quantitative estimate of drug-likeness (QED) is 0.0231. The molecule has 16 unspecified atom stereocenters. The van der Waals surface area contributed by atoms with Crippen molar-refractivity contribution in [2.75, 3.05) is 13.6 Å². The van der Waals surface area contributed by atoms with E-state index in [-0.39, 0.29) is 59.4 Å². The number of ether oxygens (including phenoxy) is 7. The fraction of sp³-hybridized carbons (Fsp3) is 0.375. The first-order valence-electron chi connectivity index (χ1n) is 37.5. The molecule has 18 atom stereocenters. The minimum absolute atomic E-state index is 0.117. The highest BCUT2D eigenvalue weighted by atomic mass is 35.5. The zero-order valence-corrected chi connectivity index (χ0v) is 67.3. The summed E-state index contributed by atoms with van der Waals surface area (Å²) < 4.78 is 45.7. The van der Waals surface area contributed by atoms with Crippen molar-refractivity contribution in [2.24, 2.45) is 16.8 Å². The van der Waals surface area contributed by atoms with Crippen molar-refractivity contribution in [2.45, 2.75) is 169 Å². The lowest BCUT2D eigenvalue weighted by atomic mass is 9.84. The smallest absolute Gasteiger partial charge is 0.330 e. The lowest BCUT2D eigenvalue weighted by Crippen LogP contribution is -2.65. The lowest BCUT2D eigenvalue weighted by molar-refractivity contribution is -0.331. The second-order valence-corrected chi connectivity index (χ2v) is 31.5. The van der Waals surface area contributed by atoms with Crippen LogP contribution in [-0.2, 0) is 65.7 Å². The number of phenolic OH excluding ortho intramolecular Hbond substituents is 3. The number of likely N-dealkylation sites (N-methyl/N-ethyl adjacent to an activating group) is 1. The maximum atomic E-state index is 16.3. The number of aliphatic carboxylic acids is 1. The van der Waals surface area contributed by atoms with E-state index in [1.807, 2.05) is 13.8 Å². The molecule has 0 spiro atoms. The third-order valence-electron chi connectivity index (χ3n) is 20.9. The zero-order chi connectivity index (χ0) is 86.6. The molecule has 19 N–H and O–H groups in total. The van der Waals surface area contributed by atoms with Gasteiger partial charge < -0.3 is 127 Å². The predicted molar refractivity (Wildman–Crippen MR) is 426 cm³/mol. The van der Waals surface area contributed by atoms with E-state index in [0.29, 0.717) is 15.8 Å². The van der Waals surface area contributed by atoms with Gasteiger partial charge in [-0.15, -0.1) is 0 Å². The average molecular weight is 1740 g/mol. The molecule has 7 aliphatic heterocycles. The van der Waals surface area contributed by atoms with Crippen LogP contribution in [0.4, 0.5) is 0 Å². The molecule has 636 valence electrons. The van der Waals surface area contributed by atoms with Crippen molar-refractivity contribution in [1.82, 2.24) is 42.5 Å². The molecule has 2 fully saturated rings. The van der Waals surface area contributed by atoms with Crippen molar-refractivity contribution in [1.29, 1.82) is 0 Å². The molecule has 7 aromatic carbocycles. The normalized spacial score (nSPS) is 26.5. The average Bonchev–Trinajstić information content (AvgIpc) is 0.767. The van der Waals surface area contributed by atoms with Crippen LogP contribution in [0.15, 0.2) is 126 Å². The number of aliphatic hydroxyl groups excluding tert-OH is 5. The maximum absolute atomic E-state index is 16.3. The Labute approximate surface area is 703 Å². The third-order valence-corrected chi connectivity index (χ3v) is 22.2. The SMILES string of the molecule is CNC(CC(C)C)C(=O)NC1C(=O)N[C@@H](CC(N)=O)C(=O)NC2C(=O)NC3C(=O)NC(C(=O)N[C@@H](C(=O)O)c4cc(O)cc(O)c4-c4cc3ccc4O)C(O)c3ccc(c(Cl)c3)Oc3cc2cc(c3OC2OC(CN=[N+]=[N-])C(O)C(O)C2OC2CC(C)(NCc3ccc(OCc4ccc(Cl)c(Cl)c4)cc3)C(O)C(C)O2)Oc2ccc(cc2Cl)C1O. The number of halogens is 4. The van der Waals surface area contributed by atoms with E-state index >= 15 is 14.4 Å². The van der Waals surface area contributed by atoms with Crippen LogP contribution in [0.3, 0.4) is 0 Å². The van der Waals surface area contributed by atoms with Gasteiger partial charge in [0.25, 0.3) is 0 Å².